The maximum absolute atomic E-state index is 13.1. The van der Waals surface area contributed by atoms with Gasteiger partial charge < -0.3 is 10.0 Å². The molecule has 1 aliphatic heterocycles. The van der Waals surface area contributed by atoms with E-state index in [1.165, 1.54) is 23.1 Å². The second-order valence-electron chi connectivity index (χ2n) is 6.08. The van der Waals surface area contributed by atoms with Gasteiger partial charge in [0.25, 0.3) is 12.4 Å². The highest BCUT2D eigenvalue weighted by atomic mass is 19.4. The van der Waals surface area contributed by atoms with Crippen LogP contribution in [-0.4, -0.2) is 40.5 Å². The number of hydrogen-bond donors (Lipinski definition) is 1. The molecule has 144 valence electrons. The molecule has 0 spiro atoms. The van der Waals surface area contributed by atoms with Crippen molar-refractivity contribution in [1.29, 1.82) is 0 Å². The number of nitrogens with zero attached hydrogens (tertiary/aromatic N) is 2. The van der Waals surface area contributed by atoms with Gasteiger partial charge in [-0.25, -0.2) is 0 Å². The van der Waals surface area contributed by atoms with Crippen LogP contribution in [0.25, 0.3) is 0 Å². The number of hydrogen-bond acceptors (Lipinski definition) is 3. The minimum absolute atomic E-state index is 0.224. The van der Waals surface area contributed by atoms with Gasteiger partial charge in [-0.3, -0.25) is 14.6 Å². The van der Waals surface area contributed by atoms with Crippen LogP contribution in [0.3, 0.4) is 0 Å². The molecule has 0 aliphatic carbocycles. The molecule has 5 nitrogen and oxygen atoms in total. The van der Waals surface area contributed by atoms with Crippen molar-refractivity contribution >= 4 is 12.4 Å². The van der Waals surface area contributed by atoms with E-state index in [9.17, 15) is 18.0 Å². The van der Waals surface area contributed by atoms with Crippen LogP contribution in [0.4, 0.5) is 13.2 Å². The van der Waals surface area contributed by atoms with Crippen LogP contribution in [0.2, 0.25) is 0 Å². The summed E-state index contributed by atoms with van der Waals surface area (Å²) in [6.07, 6.45) is -1.31. The van der Waals surface area contributed by atoms with Gasteiger partial charge in [-0.05, 0) is 43.0 Å². The van der Waals surface area contributed by atoms with E-state index in [1.54, 1.807) is 6.20 Å². The fourth-order valence-corrected chi connectivity index (χ4v) is 3.09. The lowest BCUT2D eigenvalue weighted by Crippen LogP contribution is -2.30. The SMILES string of the molecule is O=C(c1ccccc1C(F)(F)F)N1CCC(Cc2ccccn2)C1.O=CO. The molecule has 1 aromatic heterocycles. The Balaban J connectivity index is 0.000000817. The van der Waals surface area contributed by atoms with Crippen molar-refractivity contribution in [3.8, 4) is 0 Å². The van der Waals surface area contributed by atoms with Gasteiger partial charge in [-0.2, -0.15) is 13.2 Å². The molecule has 1 aromatic carbocycles. The minimum Gasteiger partial charge on any atom is -0.483 e. The van der Waals surface area contributed by atoms with Crippen molar-refractivity contribution in [3.05, 3.63) is 65.5 Å². The summed E-state index contributed by atoms with van der Waals surface area (Å²) in [4.78, 5) is 26.7. The Morgan fingerprint density at radius 1 is 1.22 bits per heavy atom. The predicted octanol–water partition coefficient (Wildman–Crippen LogP) is 3.51. The molecule has 1 atom stereocenters. The lowest BCUT2D eigenvalue weighted by Gasteiger charge is -2.19. The topological polar surface area (TPSA) is 70.5 Å². The summed E-state index contributed by atoms with van der Waals surface area (Å²) in [6.45, 7) is 0.685. The van der Waals surface area contributed by atoms with Crippen LogP contribution in [0.1, 0.15) is 28.0 Å². The summed E-state index contributed by atoms with van der Waals surface area (Å²) in [5.74, 6) is -0.326. The maximum Gasteiger partial charge on any atom is 0.417 e. The van der Waals surface area contributed by atoms with Crippen molar-refractivity contribution in [2.24, 2.45) is 5.92 Å². The van der Waals surface area contributed by atoms with E-state index in [0.29, 0.717) is 13.1 Å². The Morgan fingerprint density at radius 2 is 1.89 bits per heavy atom. The molecule has 2 heterocycles. The lowest BCUT2D eigenvalue weighted by atomic mass is 10.0. The van der Waals surface area contributed by atoms with Gasteiger partial charge in [0, 0.05) is 25.0 Å². The summed E-state index contributed by atoms with van der Waals surface area (Å²) < 4.78 is 39.2. The Bertz CT molecular complexity index is 766. The monoisotopic (exact) mass is 380 g/mol. The third-order valence-electron chi connectivity index (χ3n) is 4.26. The first-order valence-electron chi connectivity index (χ1n) is 8.30. The summed E-state index contributed by atoms with van der Waals surface area (Å²) in [7, 11) is 0. The molecule has 2 aromatic rings. The second-order valence-corrected chi connectivity index (χ2v) is 6.08. The normalized spacial score (nSPS) is 16.4. The van der Waals surface area contributed by atoms with Gasteiger partial charge in [0.1, 0.15) is 0 Å². The zero-order valence-corrected chi connectivity index (χ0v) is 14.4. The second kappa shape index (κ2) is 9.16. The van der Waals surface area contributed by atoms with Crippen LogP contribution < -0.4 is 0 Å². The van der Waals surface area contributed by atoms with E-state index < -0.39 is 17.6 Å². The summed E-state index contributed by atoms with van der Waals surface area (Å²) in [5.41, 5.74) is -0.209. The van der Waals surface area contributed by atoms with Gasteiger partial charge in [-0.1, -0.05) is 18.2 Å². The number of benzene rings is 1. The molecule has 1 N–H and O–H groups in total. The number of pyridine rings is 1. The number of carbonyl (C=O) groups excluding carboxylic acids is 1. The molecule has 1 unspecified atom stereocenters. The Kier molecular flexibility index (Phi) is 6.92. The number of carbonyl (C=O) groups is 2. The largest absolute Gasteiger partial charge is 0.483 e. The van der Waals surface area contributed by atoms with Crippen molar-refractivity contribution in [2.45, 2.75) is 19.0 Å². The molecule has 27 heavy (non-hydrogen) atoms. The Hall–Kier alpha value is -2.90. The number of halogens is 3. The summed E-state index contributed by atoms with van der Waals surface area (Å²) in [5, 5.41) is 6.89. The van der Waals surface area contributed by atoms with E-state index >= 15 is 0 Å². The quantitative estimate of drug-likeness (QED) is 0.828. The highest BCUT2D eigenvalue weighted by Gasteiger charge is 2.37. The summed E-state index contributed by atoms with van der Waals surface area (Å²) >= 11 is 0. The van der Waals surface area contributed by atoms with E-state index in [4.69, 9.17) is 9.90 Å². The molecule has 3 rings (SSSR count). The standard InChI is InChI=1S/C18H17F3N2O.CH2O2/c19-18(20,21)16-7-2-1-6-15(16)17(24)23-10-8-13(12-23)11-14-5-3-4-9-22-14;2-1-3/h1-7,9,13H,8,10-12H2;1H,(H,2,3). The molecule has 1 aliphatic rings. The first-order chi connectivity index (χ1) is 12.9. The van der Waals surface area contributed by atoms with Gasteiger partial charge in [-0.15, -0.1) is 0 Å². The van der Waals surface area contributed by atoms with E-state index in [2.05, 4.69) is 4.98 Å². The highest BCUT2D eigenvalue weighted by molar-refractivity contribution is 5.96. The smallest absolute Gasteiger partial charge is 0.417 e. The van der Waals surface area contributed by atoms with Crippen LogP contribution in [-0.2, 0) is 17.4 Å². The molecule has 0 radical (unpaired) electrons. The third kappa shape index (κ3) is 5.54. The molecular weight excluding hydrogens is 361 g/mol. The van der Waals surface area contributed by atoms with E-state index in [1.807, 2.05) is 18.2 Å². The number of likely N-dealkylation sites (tertiary alicyclic amines) is 1. The predicted molar refractivity (Wildman–Crippen MR) is 92.1 cm³/mol. The number of aromatic nitrogens is 1. The van der Waals surface area contributed by atoms with E-state index in [-0.39, 0.29) is 18.0 Å². The van der Waals surface area contributed by atoms with Crippen LogP contribution in [0.15, 0.2) is 48.7 Å². The number of rotatable bonds is 3. The average Bonchev–Trinajstić information content (AvgIpc) is 3.10. The fourth-order valence-electron chi connectivity index (χ4n) is 3.09. The Labute approximate surface area is 154 Å². The fraction of sp³-hybridized carbons (Fsp3) is 0.316. The molecule has 0 bridgehead atoms. The van der Waals surface area contributed by atoms with Crippen molar-refractivity contribution in [1.82, 2.24) is 9.88 Å². The molecule has 0 saturated carbocycles. The van der Waals surface area contributed by atoms with Crippen molar-refractivity contribution in [3.63, 3.8) is 0 Å². The minimum atomic E-state index is -4.53. The lowest BCUT2D eigenvalue weighted by molar-refractivity contribution is -0.138. The van der Waals surface area contributed by atoms with Gasteiger partial charge >= 0.3 is 6.18 Å². The average molecular weight is 380 g/mol. The first kappa shape index (κ1) is 20.4. The number of amides is 1. The van der Waals surface area contributed by atoms with Gasteiger partial charge in [0.15, 0.2) is 0 Å². The summed E-state index contributed by atoms with van der Waals surface area (Å²) in [6, 6.07) is 10.6. The molecule has 1 saturated heterocycles. The molecule has 1 fully saturated rings. The first-order valence-corrected chi connectivity index (χ1v) is 8.30. The zero-order valence-electron chi connectivity index (χ0n) is 14.4. The van der Waals surface area contributed by atoms with Gasteiger partial charge in [0.05, 0.1) is 11.1 Å². The number of carboxylic acid groups (broad SMARTS) is 1. The van der Waals surface area contributed by atoms with Gasteiger partial charge in [0.2, 0.25) is 0 Å². The van der Waals surface area contributed by atoms with Crippen LogP contribution >= 0.6 is 0 Å². The van der Waals surface area contributed by atoms with Crippen molar-refractivity contribution in [2.75, 3.05) is 13.1 Å². The number of alkyl halides is 3. The Morgan fingerprint density at radius 3 is 2.52 bits per heavy atom. The molecule has 8 heteroatoms. The molecule has 1 amide bonds. The molecular formula is C19H19F3N2O3. The zero-order chi connectivity index (χ0) is 19.9. The highest BCUT2D eigenvalue weighted by Crippen LogP contribution is 2.33. The van der Waals surface area contributed by atoms with Crippen molar-refractivity contribution < 1.29 is 27.9 Å². The maximum atomic E-state index is 13.1. The van der Waals surface area contributed by atoms with E-state index in [0.717, 1.165) is 24.6 Å². The van der Waals surface area contributed by atoms with Crippen LogP contribution in [0, 0.1) is 5.92 Å². The van der Waals surface area contributed by atoms with Crippen LogP contribution in [0.5, 0.6) is 0 Å². The third-order valence-corrected chi connectivity index (χ3v) is 4.26.